The van der Waals surface area contributed by atoms with Crippen molar-refractivity contribution in [3.63, 3.8) is 0 Å². The summed E-state index contributed by atoms with van der Waals surface area (Å²) in [6.45, 7) is 2.69. The number of benzene rings is 2. The number of hydrogen-bond acceptors (Lipinski definition) is 3. The van der Waals surface area contributed by atoms with E-state index in [0.717, 1.165) is 24.0 Å². The molecule has 6 nitrogen and oxygen atoms in total. The summed E-state index contributed by atoms with van der Waals surface area (Å²) in [5, 5.41) is 6.21. The molecule has 28 heavy (non-hydrogen) atoms. The van der Waals surface area contributed by atoms with Crippen molar-refractivity contribution in [1.82, 2.24) is 5.32 Å². The molecule has 150 valence electrons. The Morgan fingerprint density at radius 1 is 1.18 bits per heavy atom. The van der Waals surface area contributed by atoms with Gasteiger partial charge in [0.1, 0.15) is 0 Å². The number of aryl methyl sites for hydroxylation is 1. The summed E-state index contributed by atoms with van der Waals surface area (Å²) < 4.78 is 26.6. The van der Waals surface area contributed by atoms with Crippen LogP contribution in [0, 0.1) is 0 Å². The zero-order chi connectivity index (χ0) is 20.1. The summed E-state index contributed by atoms with van der Waals surface area (Å²) >= 11 is 5.86. The molecule has 0 aliphatic carbocycles. The molecule has 2 aromatic carbocycles. The first-order valence-electron chi connectivity index (χ1n) is 9.31. The molecule has 0 saturated heterocycles. The zero-order valence-corrected chi connectivity index (χ0v) is 17.3. The summed E-state index contributed by atoms with van der Waals surface area (Å²) in [6.07, 6.45) is 2.19. The van der Waals surface area contributed by atoms with E-state index >= 15 is 0 Å². The van der Waals surface area contributed by atoms with Crippen LogP contribution in [0.5, 0.6) is 0 Å². The number of rotatable bonds is 6. The lowest BCUT2D eigenvalue weighted by Crippen LogP contribution is -2.37. The van der Waals surface area contributed by atoms with Gasteiger partial charge in [-0.05, 0) is 54.7 Å². The molecule has 3 rings (SSSR count). The Bertz CT molecular complexity index is 946. The van der Waals surface area contributed by atoms with Crippen LogP contribution in [0.3, 0.4) is 0 Å². The molecule has 0 aromatic heterocycles. The maximum Gasteiger partial charge on any atom is 0.319 e. The fraction of sp³-hybridized carbons (Fsp3) is 0.350. The highest BCUT2D eigenvalue weighted by Gasteiger charge is 2.27. The number of hydrogen-bond donors (Lipinski definition) is 2. The fourth-order valence-corrected chi connectivity index (χ4v) is 4.97. The van der Waals surface area contributed by atoms with Gasteiger partial charge in [0.2, 0.25) is 10.0 Å². The van der Waals surface area contributed by atoms with Crippen molar-refractivity contribution >= 4 is 39.0 Å². The molecule has 2 N–H and O–H groups in total. The lowest BCUT2D eigenvalue weighted by molar-refractivity contribution is 0.251. The maximum absolute atomic E-state index is 12.6. The molecule has 0 atom stereocenters. The molecule has 0 saturated carbocycles. The standard InChI is InChI=1S/C20H24ClN3O3S/c1-2-12-28(26,27)24-11-3-4-16-7-10-18(13-19(16)24)23-20(25)22-14-15-5-8-17(21)9-6-15/h5-10,13H,2-4,11-12,14H2,1H3,(H2,22,23,25). The molecule has 1 aliphatic heterocycles. The van der Waals surface area contributed by atoms with Crippen molar-refractivity contribution in [2.45, 2.75) is 32.7 Å². The maximum atomic E-state index is 12.6. The van der Waals surface area contributed by atoms with E-state index in [-0.39, 0.29) is 11.8 Å². The van der Waals surface area contributed by atoms with Crippen molar-refractivity contribution in [3.05, 3.63) is 58.6 Å². The number of halogens is 1. The van der Waals surface area contributed by atoms with Gasteiger partial charge in [-0.15, -0.1) is 0 Å². The van der Waals surface area contributed by atoms with Crippen molar-refractivity contribution in [1.29, 1.82) is 0 Å². The normalized spacial score (nSPS) is 13.7. The van der Waals surface area contributed by atoms with Gasteiger partial charge in [0.25, 0.3) is 0 Å². The van der Waals surface area contributed by atoms with E-state index < -0.39 is 10.0 Å². The summed E-state index contributed by atoms with van der Waals surface area (Å²) in [4.78, 5) is 12.2. The van der Waals surface area contributed by atoms with Crippen LogP contribution in [0.15, 0.2) is 42.5 Å². The average molecular weight is 422 g/mol. The van der Waals surface area contributed by atoms with Crippen LogP contribution in [0.25, 0.3) is 0 Å². The van der Waals surface area contributed by atoms with Crippen LogP contribution >= 0.6 is 11.6 Å². The highest BCUT2D eigenvalue weighted by atomic mass is 35.5. The highest BCUT2D eigenvalue weighted by molar-refractivity contribution is 7.92. The van der Waals surface area contributed by atoms with Crippen molar-refractivity contribution in [3.8, 4) is 0 Å². The van der Waals surface area contributed by atoms with Crippen molar-refractivity contribution in [2.24, 2.45) is 0 Å². The summed E-state index contributed by atoms with van der Waals surface area (Å²) in [6, 6.07) is 12.3. The number of nitrogens with one attached hydrogen (secondary N) is 2. The van der Waals surface area contributed by atoms with E-state index in [0.29, 0.717) is 35.9 Å². The predicted molar refractivity (Wildman–Crippen MR) is 113 cm³/mol. The van der Waals surface area contributed by atoms with Gasteiger partial charge in [0.05, 0.1) is 11.4 Å². The lowest BCUT2D eigenvalue weighted by Gasteiger charge is -2.31. The van der Waals surface area contributed by atoms with Crippen LogP contribution < -0.4 is 14.9 Å². The summed E-state index contributed by atoms with van der Waals surface area (Å²) in [7, 11) is -3.35. The molecule has 8 heteroatoms. The minimum atomic E-state index is -3.35. The van der Waals surface area contributed by atoms with Gasteiger partial charge in [-0.1, -0.05) is 36.7 Å². The second-order valence-electron chi connectivity index (χ2n) is 6.77. The molecule has 0 fully saturated rings. The molecule has 2 aromatic rings. The Balaban J connectivity index is 1.70. The third-order valence-electron chi connectivity index (χ3n) is 4.58. The second kappa shape index (κ2) is 8.84. The number of nitrogens with zero attached hydrogens (tertiary/aromatic N) is 1. The van der Waals surface area contributed by atoms with E-state index in [9.17, 15) is 13.2 Å². The second-order valence-corrected chi connectivity index (χ2v) is 9.22. The molecule has 0 bridgehead atoms. The van der Waals surface area contributed by atoms with Gasteiger partial charge in [-0.25, -0.2) is 13.2 Å². The third kappa shape index (κ3) is 4.97. The van der Waals surface area contributed by atoms with Crippen molar-refractivity contribution < 1.29 is 13.2 Å². The van der Waals surface area contributed by atoms with Crippen LogP contribution in [0.1, 0.15) is 30.9 Å². The van der Waals surface area contributed by atoms with E-state index in [4.69, 9.17) is 11.6 Å². The SMILES string of the molecule is CCCS(=O)(=O)N1CCCc2ccc(NC(=O)NCc3ccc(Cl)cc3)cc21. The first-order chi connectivity index (χ1) is 13.4. The van der Waals surface area contributed by atoms with E-state index in [1.807, 2.05) is 25.1 Å². The number of sulfonamides is 1. The topological polar surface area (TPSA) is 78.5 Å². The first kappa shape index (κ1) is 20.5. The quantitative estimate of drug-likeness (QED) is 0.735. The Morgan fingerprint density at radius 2 is 1.93 bits per heavy atom. The zero-order valence-electron chi connectivity index (χ0n) is 15.7. The molecule has 1 heterocycles. The Hall–Kier alpha value is -2.25. The van der Waals surface area contributed by atoms with Crippen molar-refractivity contribution in [2.75, 3.05) is 21.9 Å². The molecule has 0 unspecified atom stereocenters. The van der Waals surface area contributed by atoms with Crippen LogP contribution in [-0.4, -0.2) is 26.7 Å². The van der Waals surface area contributed by atoms with Crippen LogP contribution in [0.4, 0.5) is 16.2 Å². The Kier molecular flexibility index (Phi) is 6.46. The van der Waals surface area contributed by atoms with Gasteiger partial charge in [0.15, 0.2) is 0 Å². The van der Waals surface area contributed by atoms with Gasteiger partial charge >= 0.3 is 6.03 Å². The third-order valence-corrected chi connectivity index (χ3v) is 6.81. The van der Waals surface area contributed by atoms with Gasteiger partial charge in [-0.2, -0.15) is 0 Å². The molecular weight excluding hydrogens is 398 g/mol. The predicted octanol–water partition coefficient (Wildman–Crippen LogP) is 4.15. The number of urea groups is 1. The highest BCUT2D eigenvalue weighted by Crippen LogP contribution is 2.32. The average Bonchev–Trinajstić information content (AvgIpc) is 2.67. The van der Waals surface area contributed by atoms with Gasteiger partial charge < -0.3 is 10.6 Å². The monoisotopic (exact) mass is 421 g/mol. The van der Waals surface area contributed by atoms with Gasteiger partial charge in [-0.3, -0.25) is 4.31 Å². The number of fused-ring (bicyclic) bond motifs is 1. The largest absolute Gasteiger partial charge is 0.334 e. The summed E-state index contributed by atoms with van der Waals surface area (Å²) in [5.74, 6) is 0.117. The molecular formula is C20H24ClN3O3S. The van der Waals surface area contributed by atoms with Crippen LogP contribution in [0.2, 0.25) is 5.02 Å². The molecule has 0 spiro atoms. The molecule has 0 radical (unpaired) electrons. The number of amides is 2. The number of carbonyl (C=O) groups excluding carboxylic acids is 1. The Morgan fingerprint density at radius 3 is 2.64 bits per heavy atom. The number of anilines is 2. The van der Waals surface area contributed by atoms with E-state index in [2.05, 4.69) is 10.6 Å². The molecule has 1 aliphatic rings. The summed E-state index contributed by atoms with van der Waals surface area (Å²) in [5.41, 5.74) is 3.14. The minimum absolute atomic E-state index is 0.117. The van der Waals surface area contributed by atoms with E-state index in [1.165, 1.54) is 4.31 Å². The Labute approximate surface area is 170 Å². The fourth-order valence-electron chi connectivity index (χ4n) is 3.24. The van der Waals surface area contributed by atoms with Crippen LogP contribution in [-0.2, 0) is 23.0 Å². The minimum Gasteiger partial charge on any atom is -0.334 e. The first-order valence-corrected chi connectivity index (χ1v) is 11.3. The number of carbonyl (C=O) groups is 1. The van der Waals surface area contributed by atoms with Gasteiger partial charge in [0, 0.05) is 23.8 Å². The van der Waals surface area contributed by atoms with E-state index in [1.54, 1.807) is 24.3 Å². The lowest BCUT2D eigenvalue weighted by atomic mass is 10.0. The molecule has 2 amide bonds. The smallest absolute Gasteiger partial charge is 0.319 e.